The molecule has 0 aliphatic carbocycles. The third-order valence-corrected chi connectivity index (χ3v) is 3.77. The molecule has 122 valence electrons. The quantitative estimate of drug-likeness (QED) is 0.781. The molecule has 0 radical (unpaired) electrons. The van der Waals surface area contributed by atoms with Crippen LogP contribution in [-0.2, 0) is 11.0 Å². The van der Waals surface area contributed by atoms with Gasteiger partial charge in [0.15, 0.2) is 5.12 Å². The topological polar surface area (TPSA) is 74.6 Å². The van der Waals surface area contributed by atoms with Crippen molar-refractivity contribution in [1.82, 2.24) is 0 Å². The van der Waals surface area contributed by atoms with Crippen LogP contribution in [0.5, 0.6) is 0 Å². The molecular formula is C14H15F3O4S. The lowest BCUT2D eigenvalue weighted by molar-refractivity contribution is -0.140. The number of aldehydes is 1. The van der Waals surface area contributed by atoms with Crippen molar-refractivity contribution in [3.63, 3.8) is 0 Å². The van der Waals surface area contributed by atoms with Gasteiger partial charge in [0.2, 0.25) is 0 Å². The smallest absolute Gasteiger partial charge is 0.390 e. The van der Waals surface area contributed by atoms with Gasteiger partial charge in [-0.05, 0) is 18.1 Å². The number of carbonyl (C=O) groups is 2. The van der Waals surface area contributed by atoms with Gasteiger partial charge in [0.25, 0.3) is 0 Å². The van der Waals surface area contributed by atoms with Gasteiger partial charge in [-0.3, -0.25) is 9.59 Å². The predicted octanol–water partition coefficient (Wildman–Crippen LogP) is 2.58. The number of rotatable bonds is 6. The van der Waals surface area contributed by atoms with E-state index in [4.69, 9.17) is 0 Å². The predicted molar refractivity (Wildman–Crippen MR) is 75.6 cm³/mol. The highest BCUT2D eigenvalue weighted by Crippen LogP contribution is 2.36. The molecule has 8 heteroatoms. The number of halogens is 3. The van der Waals surface area contributed by atoms with Crippen LogP contribution in [0.2, 0.25) is 0 Å². The fourth-order valence-corrected chi connectivity index (χ4v) is 2.49. The molecule has 1 rings (SSSR count). The summed E-state index contributed by atoms with van der Waals surface area (Å²) < 4.78 is 39.0. The van der Waals surface area contributed by atoms with Crippen LogP contribution in [0.3, 0.4) is 0 Å². The van der Waals surface area contributed by atoms with Gasteiger partial charge in [-0.1, -0.05) is 23.9 Å². The maximum absolute atomic E-state index is 13.0. The van der Waals surface area contributed by atoms with Crippen molar-refractivity contribution in [1.29, 1.82) is 0 Å². The molecule has 2 unspecified atom stereocenters. The molecule has 4 nitrogen and oxygen atoms in total. The van der Waals surface area contributed by atoms with Crippen molar-refractivity contribution < 1.29 is 33.0 Å². The molecule has 0 saturated heterocycles. The highest BCUT2D eigenvalue weighted by molar-refractivity contribution is 8.13. The lowest BCUT2D eigenvalue weighted by Gasteiger charge is -2.22. The van der Waals surface area contributed by atoms with Crippen LogP contribution in [-0.4, -0.2) is 33.5 Å². The average Bonchev–Trinajstić information content (AvgIpc) is 2.44. The highest BCUT2D eigenvalue weighted by Gasteiger charge is 2.36. The summed E-state index contributed by atoms with van der Waals surface area (Å²) in [7, 11) is 0. The largest absolute Gasteiger partial charge is 0.416 e. The van der Waals surface area contributed by atoms with E-state index >= 15 is 0 Å². The maximum Gasteiger partial charge on any atom is 0.416 e. The van der Waals surface area contributed by atoms with E-state index in [0.717, 1.165) is 23.9 Å². The minimum atomic E-state index is -4.76. The lowest BCUT2D eigenvalue weighted by atomic mass is 9.95. The Morgan fingerprint density at radius 2 is 2.00 bits per heavy atom. The van der Waals surface area contributed by atoms with Crippen LogP contribution in [0.15, 0.2) is 18.2 Å². The van der Waals surface area contributed by atoms with E-state index in [-0.39, 0.29) is 29.1 Å². The van der Waals surface area contributed by atoms with E-state index in [1.165, 1.54) is 6.92 Å². The third-order valence-electron chi connectivity index (χ3n) is 2.92. The second kappa shape index (κ2) is 7.75. The molecule has 0 heterocycles. The number of aliphatic hydroxyl groups excluding tert-OH is 2. The average molecular weight is 336 g/mol. The number of benzene rings is 1. The van der Waals surface area contributed by atoms with Crippen molar-refractivity contribution in [3.8, 4) is 0 Å². The van der Waals surface area contributed by atoms with Crippen LogP contribution in [0.1, 0.15) is 40.9 Å². The van der Waals surface area contributed by atoms with Gasteiger partial charge in [0.1, 0.15) is 12.4 Å². The minimum Gasteiger partial charge on any atom is -0.390 e. The van der Waals surface area contributed by atoms with E-state index in [1.807, 2.05) is 0 Å². The Balaban J connectivity index is 2.98. The Morgan fingerprint density at radius 3 is 2.50 bits per heavy atom. The molecule has 1 aromatic carbocycles. The molecule has 2 atom stereocenters. The number of aliphatic hydroxyl groups is 2. The summed E-state index contributed by atoms with van der Waals surface area (Å²) in [5.41, 5.74) is -1.84. The maximum atomic E-state index is 13.0. The highest BCUT2D eigenvalue weighted by atomic mass is 32.2. The van der Waals surface area contributed by atoms with Gasteiger partial charge >= 0.3 is 6.18 Å². The SMILES string of the molecule is CC(=O)SCCC(O)C(O)c1ccc(C=O)cc1C(F)(F)F. The van der Waals surface area contributed by atoms with Crippen molar-refractivity contribution in [2.45, 2.75) is 31.7 Å². The van der Waals surface area contributed by atoms with Crippen LogP contribution in [0.25, 0.3) is 0 Å². The van der Waals surface area contributed by atoms with Crippen LogP contribution in [0, 0.1) is 0 Å². The van der Waals surface area contributed by atoms with Gasteiger partial charge < -0.3 is 10.2 Å². The Bertz CT molecular complexity index is 545. The van der Waals surface area contributed by atoms with Crippen molar-refractivity contribution in [3.05, 3.63) is 34.9 Å². The summed E-state index contributed by atoms with van der Waals surface area (Å²) in [6, 6.07) is 2.74. The van der Waals surface area contributed by atoms with Crippen molar-refractivity contribution >= 4 is 23.2 Å². The van der Waals surface area contributed by atoms with E-state index < -0.39 is 29.5 Å². The molecular weight excluding hydrogens is 321 g/mol. The summed E-state index contributed by atoms with van der Waals surface area (Å²) in [5, 5.41) is 19.5. The monoisotopic (exact) mass is 336 g/mol. The second-order valence-corrected chi connectivity index (χ2v) is 5.88. The number of alkyl halides is 3. The molecule has 0 saturated carbocycles. The van der Waals surface area contributed by atoms with Gasteiger partial charge in [-0.2, -0.15) is 13.2 Å². The first kappa shape index (κ1) is 18.7. The van der Waals surface area contributed by atoms with Gasteiger partial charge in [-0.25, -0.2) is 0 Å². The molecule has 0 amide bonds. The van der Waals surface area contributed by atoms with Gasteiger partial charge in [0, 0.05) is 18.2 Å². The molecule has 0 spiro atoms. The Hall–Kier alpha value is -1.38. The first-order valence-corrected chi connectivity index (χ1v) is 7.31. The van der Waals surface area contributed by atoms with E-state index in [2.05, 4.69) is 0 Å². The van der Waals surface area contributed by atoms with Crippen LogP contribution < -0.4 is 0 Å². The molecule has 0 bridgehead atoms. The van der Waals surface area contributed by atoms with E-state index in [1.54, 1.807) is 0 Å². The third kappa shape index (κ3) is 5.11. The molecule has 0 fully saturated rings. The summed E-state index contributed by atoms with van der Waals surface area (Å²) in [5.74, 6) is 0.182. The zero-order valence-electron chi connectivity index (χ0n) is 11.6. The first-order valence-electron chi connectivity index (χ1n) is 6.32. The Morgan fingerprint density at radius 1 is 1.36 bits per heavy atom. The van der Waals surface area contributed by atoms with Gasteiger partial charge in [0.05, 0.1) is 11.7 Å². The second-order valence-electron chi connectivity index (χ2n) is 4.60. The van der Waals surface area contributed by atoms with Crippen LogP contribution >= 0.6 is 11.8 Å². The zero-order chi connectivity index (χ0) is 16.9. The minimum absolute atomic E-state index is 0.0435. The normalized spacial score (nSPS) is 14.5. The number of thioether (sulfide) groups is 1. The summed E-state index contributed by atoms with van der Waals surface area (Å²) in [4.78, 5) is 21.4. The molecule has 0 aliphatic rings. The molecule has 0 aliphatic heterocycles. The summed E-state index contributed by atoms with van der Waals surface area (Å²) in [6.07, 6.45) is -7.74. The Kier molecular flexibility index (Phi) is 6.58. The fourth-order valence-electron chi connectivity index (χ4n) is 1.84. The summed E-state index contributed by atoms with van der Waals surface area (Å²) in [6.45, 7) is 1.33. The lowest BCUT2D eigenvalue weighted by Crippen LogP contribution is -2.23. The van der Waals surface area contributed by atoms with E-state index in [0.29, 0.717) is 6.07 Å². The van der Waals surface area contributed by atoms with Crippen molar-refractivity contribution in [2.24, 2.45) is 0 Å². The zero-order valence-corrected chi connectivity index (χ0v) is 12.4. The number of hydrogen-bond acceptors (Lipinski definition) is 5. The molecule has 0 aromatic heterocycles. The summed E-state index contributed by atoms with van der Waals surface area (Å²) >= 11 is 0.909. The number of hydrogen-bond donors (Lipinski definition) is 2. The van der Waals surface area contributed by atoms with Crippen LogP contribution in [0.4, 0.5) is 13.2 Å². The number of carbonyl (C=O) groups excluding carboxylic acids is 2. The fraction of sp³-hybridized carbons (Fsp3) is 0.429. The molecule has 22 heavy (non-hydrogen) atoms. The molecule has 2 N–H and O–H groups in total. The van der Waals surface area contributed by atoms with Gasteiger partial charge in [-0.15, -0.1) is 0 Å². The van der Waals surface area contributed by atoms with Crippen molar-refractivity contribution in [2.75, 3.05) is 5.75 Å². The Labute approximate surface area is 129 Å². The van der Waals surface area contributed by atoms with E-state index in [9.17, 15) is 33.0 Å². The molecule has 1 aromatic rings. The first-order chi connectivity index (χ1) is 10.2. The standard InChI is InChI=1S/C14H15F3O4S/c1-8(19)22-5-4-12(20)13(21)10-3-2-9(7-18)6-11(10)14(15,16)17/h2-3,6-7,12-13,20-21H,4-5H2,1H3.